The van der Waals surface area contributed by atoms with Crippen molar-refractivity contribution in [3.8, 4) is 0 Å². The van der Waals surface area contributed by atoms with E-state index in [4.69, 9.17) is 0 Å². The fourth-order valence-electron chi connectivity index (χ4n) is 0.306. The topological polar surface area (TPSA) is 12.9 Å². The van der Waals surface area contributed by atoms with Crippen molar-refractivity contribution in [2.75, 3.05) is 0 Å². The monoisotopic (exact) mass is 160 g/mol. The summed E-state index contributed by atoms with van der Waals surface area (Å²) < 4.78 is 11.8. The SMILES string of the molecule is Fc1[c-]ccnc1.[Zn]. The second-order valence-electron chi connectivity index (χ2n) is 1.09. The van der Waals surface area contributed by atoms with Gasteiger partial charge in [-0.25, -0.2) is 4.39 Å². The third-order valence-electron chi connectivity index (χ3n) is 0.570. The van der Waals surface area contributed by atoms with E-state index in [1.165, 1.54) is 12.3 Å². The first kappa shape index (κ1) is 7.70. The average Bonchev–Trinajstić information content (AvgIpc) is 1.69. The quantitative estimate of drug-likeness (QED) is 0.409. The van der Waals surface area contributed by atoms with Gasteiger partial charge in [0.25, 0.3) is 0 Å². The summed E-state index contributed by atoms with van der Waals surface area (Å²) in [5.41, 5.74) is 0. The maximum Gasteiger partial charge on any atom is 0.0283 e. The molecular weight excluding hydrogens is 158 g/mol. The molecule has 0 aromatic carbocycles. The second kappa shape index (κ2) is 3.67. The first-order chi connectivity index (χ1) is 3.39. The summed E-state index contributed by atoms with van der Waals surface area (Å²) >= 11 is 0. The molecular formula is C5H3FNZn-. The van der Waals surface area contributed by atoms with E-state index < -0.39 is 5.82 Å². The minimum Gasteiger partial charge on any atom is -0.388 e. The summed E-state index contributed by atoms with van der Waals surface area (Å²) in [6.45, 7) is 0. The largest absolute Gasteiger partial charge is 0.388 e. The van der Waals surface area contributed by atoms with Gasteiger partial charge in [-0.05, 0) is 0 Å². The molecule has 0 unspecified atom stereocenters. The van der Waals surface area contributed by atoms with E-state index in [0.717, 1.165) is 6.20 Å². The van der Waals surface area contributed by atoms with E-state index in [-0.39, 0.29) is 19.5 Å². The molecule has 0 saturated heterocycles. The van der Waals surface area contributed by atoms with Gasteiger partial charge >= 0.3 is 0 Å². The van der Waals surface area contributed by atoms with Crippen molar-refractivity contribution < 1.29 is 23.9 Å². The van der Waals surface area contributed by atoms with Gasteiger partial charge in [-0.1, -0.05) is 12.4 Å². The van der Waals surface area contributed by atoms with Crippen LogP contribution in [0.3, 0.4) is 0 Å². The van der Waals surface area contributed by atoms with E-state index in [9.17, 15) is 4.39 Å². The molecule has 0 fully saturated rings. The number of hydrogen-bond acceptors (Lipinski definition) is 1. The van der Waals surface area contributed by atoms with Crippen molar-refractivity contribution in [2.24, 2.45) is 0 Å². The molecule has 0 aliphatic heterocycles. The minimum absolute atomic E-state index is 0. The van der Waals surface area contributed by atoms with Crippen LogP contribution >= 0.6 is 0 Å². The maximum atomic E-state index is 11.8. The third kappa shape index (κ3) is 2.13. The van der Waals surface area contributed by atoms with Crippen LogP contribution < -0.4 is 0 Å². The van der Waals surface area contributed by atoms with E-state index in [1.807, 2.05) is 0 Å². The van der Waals surface area contributed by atoms with Crippen molar-refractivity contribution in [3.05, 3.63) is 30.3 Å². The summed E-state index contributed by atoms with van der Waals surface area (Å²) in [4.78, 5) is 3.48. The zero-order valence-corrected chi connectivity index (χ0v) is 7.23. The summed E-state index contributed by atoms with van der Waals surface area (Å²) in [5.74, 6) is -0.414. The summed E-state index contributed by atoms with van der Waals surface area (Å²) in [7, 11) is 0. The Morgan fingerprint density at radius 2 is 2.38 bits per heavy atom. The number of rotatable bonds is 0. The van der Waals surface area contributed by atoms with E-state index >= 15 is 0 Å². The third-order valence-corrected chi connectivity index (χ3v) is 0.570. The molecule has 1 heterocycles. The van der Waals surface area contributed by atoms with Gasteiger partial charge in [0.2, 0.25) is 0 Å². The Morgan fingerprint density at radius 3 is 2.62 bits per heavy atom. The van der Waals surface area contributed by atoms with Gasteiger partial charge in [-0.15, -0.1) is 6.07 Å². The number of hydrogen-bond donors (Lipinski definition) is 0. The predicted octanol–water partition coefficient (Wildman–Crippen LogP) is 1.02. The first-order valence-corrected chi connectivity index (χ1v) is 1.87. The van der Waals surface area contributed by atoms with Crippen molar-refractivity contribution >= 4 is 0 Å². The fourth-order valence-corrected chi connectivity index (χ4v) is 0.306. The number of aromatic nitrogens is 1. The van der Waals surface area contributed by atoms with Crippen molar-refractivity contribution in [3.63, 3.8) is 0 Å². The van der Waals surface area contributed by atoms with Gasteiger partial charge in [0.05, 0.1) is 0 Å². The molecule has 1 aromatic rings. The van der Waals surface area contributed by atoms with Crippen molar-refractivity contribution in [1.82, 2.24) is 4.98 Å². The summed E-state index contributed by atoms with van der Waals surface area (Å²) in [5, 5.41) is 0. The molecule has 0 spiro atoms. The molecule has 0 atom stereocenters. The van der Waals surface area contributed by atoms with Crippen LogP contribution in [0, 0.1) is 11.9 Å². The Balaban J connectivity index is 0.000000490. The van der Waals surface area contributed by atoms with Gasteiger partial charge in [0, 0.05) is 25.3 Å². The zero-order valence-electron chi connectivity index (χ0n) is 4.26. The number of pyridine rings is 1. The van der Waals surface area contributed by atoms with Crippen LogP contribution in [0.25, 0.3) is 0 Å². The van der Waals surface area contributed by atoms with E-state index in [1.54, 1.807) is 0 Å². The Hall–Kier alpha value is -0.297. The van der Waals surface area contributed by atoms with Crippen LogP contribution in [0.5, 0.6) is 0 Å². The molecule has 0 amide bonds. The molecule has 0 saturated carbocycles. The average molecular weight is 161 g/mol. The molecule has 0 N–H and O–H groups in total. The molecule has 3 heteroatoms. The minimum atomic E-state index is -0.414. The molecule has 0 aliphatic carbocycles. The second-order valence-corrected chi connectivity index (χ2v) is 1.09. The molecule has 1 nitrogen and oxygen atoms in total. The number of nitrogens with zero attached hydrogens (tertiary/aromatic N) is 1. The van der Waals surface area contributed by atoms with E-state index in [0.29, 0.717) is 0 Å². The van der Waals surface area contributed by atoms with Crippen LogP contribution in [0.4, 0.5) is 4.39 Å². The molecule has 0 bridgehead atoms. The normalized spacial score (nSPS) is 7.62. The molecule has 38 valence electrons. The molecule has 1 aromatic heterocycles. The molecule has 0 aliphatic rings. The first-order valence-electron chi connectivity index (χ1n) is 1.87. The fraction of sp³-hybridized carbons (Fsp3) is 0. The van der Waals surface area contributed by atoms with Gasteiger partial charge in [0.15, 0.2) is 0 Å². The van der Waals surface area contributed by atoms with Gasteiger partial charge in [-0.2, -0.15) is 6.07 Å². The van der Waals surface area contributed by atoms with Crippen LogP contribution in [0.2, 0.25) is 0 Å². The molecule has 0 radical (unpaired) electrons. The summed E-state index contributed by atoms with van der Waals surface area (Å²) in [6.07, 6.45) is 2.59. The van der Waals surface area contributed by atoms with Crippen molar-refractivity contribution in [2.45, 2.75) is 0 Å². The van der Waals surface area contributed by atoms with Crippen LogP contribution in [0.1, 0.15) is 0 Å². The van der Waals surface area contributed by atoms with Crippen LogP contribution in [0.15, 0.2) is 18.5 Å². The number of halogens is 1. The standard InChI is InChI=1S/C5H3FN.Zn/c6-5-2-1-3-7-4-5;/h1,3-4H;/q-1;. The summed E-state index contributed by atoms with van der Waals surface area (Å²) in [6, 6.07) is 3.73. The van der Waals surface area contributed by atoms with Gasteiger partial charge in [0.1, 0.15) is 0 Å². The van der Waals surface area contributed by atoms with Gasteiger partial charge < -0.3 is 4.98 Å². The Labute approximate surface area is 59.7 Å². The van der Waals surface area contributed by atoms with Gasteiger partial charge in [-0.3, -0.25) is 0 Å². The van der Waals surface area contributed by atoms with Crippen LogP contribution in [-0.2, 0) is 19.5 Å². The maximum absolute atomic E-state index is 11.8. The molecule has 8 heavy (non-hydrogen) atoms. The van der Waals surface area contributed by atoms with Crippen molar-refractivity contribution in [1.29, 1.82) is 0 Å². The molecule has 1 rings (SSSR count). The predicted molar refractivity (Wildman–Crippen MR) is 23.0 cm³/mol. The zero-order chi connectivity index (χ0) is 5.11. The van der Waals surface area contributed by atoms with E-state index in [2.05, 4.69) is 11.1 Å². The smallest absolute Gasteiger partial charge is 0.0283 e. The Morgan fingerprint density at radius 1 is 1.62 bits per heavy atom. The Kier molecular flexibility index (Phi) is 3.54. The van der Waals surface area contributed by atoms with Crippen LogP contribution in [-0.4, -0.2) is 4.98 Å². The Bertz CT molecular complexity index is 142.